The quantitative estimate of drug-likeness (QED) is 0.271. The van der Waals surface area contributed by atoms with Gasteiger partial charge in [0.25, 0.3) is 0 Å². The Kier molecular flexibility index (Phi) is 5.77. The Bertz CT molecular complexity index is 1360. The van der Waals surface area contributed by atoms with Crippen LogP contribution in [-0.4, -0.2) is 31.7 Å². The van der Waals surface area contributed by atoms with E-state index in [-0.39, 0.29) is 24.1 Å². The lowest BCUT2D eigenvalue weighted by molar-refractivity contribution is -0.129. The highest BCUT2D eigenvalue weighted by atomic mass is 79.9. The van der Waals surface area contributed by atoms with Gasteiger partial charge in [-0.3, -0.25) is 0 Å². The fourth-order valence-electron chi connectivity index (χ4n) is 3.32. The summed E-state index contributed by atoms with van der Waals surface area (Å²) in [5.41, 5.74) is 1.46. The van der Waals surface area contributed by atoms with Gasteiger partial charge in [0.2, 0.25) is 12.7 Å². The second kappa shape index (κ2) is 9.03. The number of halogens is 1. The number of rotatable bonds is 5. The molecule has 3 aromatic rings. The molecule has 8 nitrogen and oxygen atoms in total. The maximum Gasteiger partial charge on any atom is 0.363 e. The molecule has 0 atom stereocenters. The van der Waals surface area contributed by atoms with Crippen LogP contribution < -0.4 is 18.9 Å². The van der Waals surface area contributed by atoms with Crippen LogP contribution in [0.15, 0.2) is 75.8 Å². The number of benzene rings is 3. The van der Waals surface area contributed by atoms with Crippen LogP contribution in [0.25, 0.3) is 6.08 Å². The van der Waals surface area contributed by atoms with Gasteiger partial charge in [-0.05, 0) is 66.7 Å². The van der Waals surface area contributed by atoms with Gasteiger partial charge in [0.1, 0.15) is 11.5 Å². The van der Waals surface area contributed by atoms with Crippen LogP contribution in [0.1, 0.15) is 21.5 Å². The molecular weight excluding hydrogens is 506 g/mol. The summed E-state index contributed by atoms with van der Waals surface area (Å²) in [4.78, 5) is 29.5. The van der Waals surface area contributed by atoms with Crippen molar-refractivity contribution in [3.05, 3.63) is 87.5 Å². The van der Waals surface area contributed by atoms with Crippen LogP contribution in [0.3, 0.4) is 0 Å². The van der Waals surface area contributed by atoms with Crippen molar-refractivity contribution in [2.75, 3.05) is 13.9 Å². The van der Waals surface area contributed by atoms with Crippen molar-refractivity contribution < 1.29 is 33.3 Å². The summed E-state index contributed by atoms with van der Waals surface area (Å²) < 4.78 is 27.4. The standard InChI is InChI=1S/C25H16BrNO7/c1-30-18-6-2-14(3-7-18)23-27-19(25(29)34-23)11-16-10-17(26)5-9-20(16)33-24(28)15-4-8-21-22(12-15)32-13-31-21/h2-12H,13H2,1H3/b19-11-. The fourth-order valence-corrected chi connectivity index (χ4v) is 3.70. The van der Waals surface area contributed by atoms with Crippen molar-refractivity contribution in [1.82, 2.24) is 0 Å². The van der Waals surface area contributed by atoms with E-state index in [4.69, 9.17) is 23.7 Å². The number of carbonyl (C=O) groups is 2. The minimum Gasteiger partial charge on any atom is -0.497 e. The molecule has 0 aromatic heterocycles. The number of ether oxygens (including phenoxy) is 5. The minimum absolute atomic E-state index is 0.0734. The van der Waals surface area contributed by atoms with Crippen molar-refractivity contribution >= 4 is 39.8 Å². The number of fused-ring (bicyclic) bond motifs is 1. The van der Waals surface area contributed by atoms with Crippen molar-refractivity contribution in [3.8, 4) is 23.0 Å². The number of hydrogen-bond donors (Lipinski definition) is 0. The number of hydrogen-bond acceptors (Lipinski definition) is 8. The first-order valence-corrected chi connectivity index (χ1v) is 10.9. The first-order chi connectivity index (χ1) is 16.5. The zero-order valence-corrected chi connectivity index (χ0v) is 19.3. The van der Waals surface area contributed by atoms with E-state index >= 15 is 0 Å². The highest BCUT2D eigenvalue weighted by Gasteiger charge is 2.25. The molecule has 0 unspecified atom stereocenters. The van der Waals surface area contributed by atoms with Gasteiger partial charge in [0.05, 0.1) is 12.7 Å². The van der Waals surface area contributed by atoms with Crippen LogP contribution in [0.2, 0.25) is 0 Å². The SMILES string of the molecule is COc1ccc(C2=N/C(=C\c3cc(Br)ccc3OC(=O)c3ccc4c(c3)OCO4)C(=O)O2)cc1. The van der Waals surface area contributed by atoms with Crippen LogP contribution in [-0.2, 0) is 9.53 Å². The van der Waals surface area contributed by atoms with Gasteiger partial charge in [-0.15, -0.1) is 0 Å². The first kappa shape index (κ1) is 21.7. The minimum atomic E-state index is -0.612. The van der Waals surface area contributed by atoms with Gasteiger partial charge in [0.15, 0.2) is 17.2 Å². The lowest BCUT2D eigenvalue weighted by Gasteiger charge is -2.09. The van der Waals surface area contributed by atoms with E-state index in [0.29, 0.717) is 33.9 Å². The smallest absolute Gasteiger partial charge is 0.363 e. The highest BCUT2D eigenvalue weighted by molar-refractivity contribution is 9.10. The average molecular weight is 522 g/mol. The van der Waals surface area contributed by atoms with E-state index in [1.807, 2.05) is 0 Å². The molecule has 2 aliphatic heterocycles. The third-order valence-electron chi connectivity index (χ3n) is 5.03. The molecule has 0 aliphatic carbocycles. The molecule has 5 rings (SSSR count). The molecule has 0 spiro atoms. The van der Waals surface area contributed by atoms with Gasteiger partial charge in [-0.2, -0.15) is 0 Å². The molecule has 0 fully saturated rings. The molecule has 0 radical (unpaired) electrons. The number of methoxy groups -OCH3 is 1. The van der Waals surface area contributed by atoms with E-state index in [2.05, 4.69) is 20.9 Å². The molecule has 0 bridgehead atoms. The Hall–Kier alpha value is -4.11. The number of esters is 2. The van der Waals surface area contributed by atoms with Gasteiger partial charge in [0, 0.05) is 15.6 Å². The number of nitrogens with zero attached hydrogens (tertiary/aromatic N) is 1. The zero-order valence-electron chi connectivity index (χ0n) is 17.7. The fraction of sp³-hybridized carbons (Fsp3) is 0.0800. The van der Waals surface area contributed by atoms with Crippen molar-refractivity contribution in [2.24, 2.45) is 4.99 Å². The molecule has 34 heavy (non-hydrogen) atoms. The number of aliphatic imine (C=N–C) groups is 1. The largest absolute Gasteiger partial charge is 0.497 e. The maximum atomic E-state index is 12.8. The summed E-state index contributed by atoms with van der Waals surface area (Å²) >= 11 is 3.40. The molecule has 170 valence electrons. The maximum absolute atomic E-state index is 12.8. The van der Waals surface area contributed by atoms with Crippen LogP contribution >= 0.6 is 15.9 Å². The van der Waals surface area contributed by atoms with Crippen molar-refractivity contribution in [3.63, 3.8) is 0 Å². The molecule has 0 saturated carbocycles. The van der Waals surface area contributed by atoms with Crippen LogP contribution in [0, 0.1) is 0 Å². The molecule has 0 N–H and O–H groups in total. The Morgan fingerprint density at radius 2 is 1.82 bits per heavy atom. The van der Waals surface area contributed by atoms with E-state index < -0.39 is 11.9 Å². The van der Waals surface area contributed by atoms with Crippen LogP contribution in [0.5, 0.6) is 23.0 Å². The molecule has 9 heteroatoms. The molecular formula is C25H16BrNO7. The Morgan fingerprint density at radius 1 is 1.03 bits per heavy atom. The van der Waals surface area contributed by atoms with E-state index in [1.165, 1.54) is 6.08 Å². The van der Waals surface area contributed by atoms with Crippen LogP contribution in [0.4, 0.5) is 0 Å². The lowest BCUT2D eigenvalue weighted by Crippen LogP contribution is -2.09. The third-order valence-corrected chi connectivity index (χ3v) is 5.53. The van der Waals surface area contributed by atoms with Crippen molar-refractivity contribution in [2.45, 2.75) is 0 Å². The third kappa shape index (κ3) is 4.38. The van der Waals surface area contributed by atoms with Gasteiger partial charge >= 0.3 is 11.9 Å². The molecule has 3 aromatic carbocycles. The predicted molar refractivity (Wildman–Crippen MR) is 125 cm³/mol. The summed E-state index contributed by atoms with van der Waals surface area (Å²) in [7, 11) is 1.57. The normalized spacial score (nSPS) is 15.2. The molecule has 0 amide bonds. The Morgan fingerprint density at radius 3 is 2.62 bits per heavy atom. The summed E-state index contributed by atoms with van der Waals surface area (Å²) in [5.74, 6) is 0.938. The van der Waals surface area contributed by atoms with Gasteiger partial charge in [-0.25, -0.2) is 14.6 Å². The predicted octanol–water partition coefficient (Wildman–Crippen LogP) is 4.75. The summed E-state index contributed by atoms with van der Waals surface area (Å²) in [5, 5.41) is 0. The lowest BCUT2D eigenvalue weighted by atomic mass is 10.1. The summed E-state index contributed by atoms with van der Waals surface area (Å²) in [6.07, 6.45) is 1.51. The first-order valence-electron chi connectivity index (χ1n) is 10.1. The summed E-state index contributed by atoms with van der Waals surface area (Å²) in [6.45, 7) is 0.105. The van der Waals surface area contributed by atoms with E-state index in [9.17, 15) is 9.59 Å². The molecule has 0 saturated heterocycles. The van der Waals surface area contributed by atoms with E-state index in [1.54, 1.807) is 67.8 Å². The molecule has 2 aliphatic rings. The average Bonchev–Trinajstić information content (AvgIpc) is 3.47. The van der Waals surface area contributed by atoms with Gasteiger partial charge in [-0.1, -0.05) is 15.9 Å². The summed E-state index contributed by atoms with van der Waals surface area (Å²) in [6, 6.07) is 16.8. The van der Waals surface area contributed by atoms with Crippen molar-refractivity contribution in [1.29, 1.82) is 0 Å². The van der Waals surface area contributed by atoms with Gasteiger partial charge < -0.3 is 23.7 Å². The van der Waals surface area contributed by atoms with E-state index in [0.717, 1.165) is 4.47 Å². The highest BCUT2D eigenvalue weighted by Crippen LogP contribution is 2.33. The second-order valence-corrected chi connectivity index (χ2v) is 8.12. The number of cyclic esters (lactones) is 1. The Balaban J connectivity index is 1.42. The topological polar surface area (TPSA) is 92.7 Å². The molecule has 2 heterocycles. The monoisotopic (exact) mass is 521 g/mol. The zero-order chi connectivity index (χ0) is 23.7. The second-order valence-electron chi connectivity index (χ2n) is 7.20. The Labute approximate surface area is 202 Å². The number of carbonyl (C=O) groups excluding carboxylic acids is 2.